The molecular weight excluding hydrogens is 172 g/mol. The molecule has 14 heavy (non-hydrogen) atoms. The third-order valence-corrected chi connectivity index (χ3v) is 3.48. The first-order valence-corrected chi connectivity index (χ1v) is 5.33. The maximum absolute atomic E-state index is 5.89. The first kappa shape index (κ1) is 8.10. The quantitative estimate of drug-likeness (QED) is 0.693. The van der Waals surface area contributed by atoms with Gasteiger partial charge in [0, 0.05) is 10.8 Å². The van der Waals surface area contributed by atoms with E-state index in [2.05, 4.69) is 25.1 Å². The molecule has 1 aliphatic rings. The average molecular weight is 186 g/mol. The van der Waals surface area contributed by atoms with Gasteiger partial charge in [0.1, 0.15) is 11.3 Å². The summed E-state index contributed by atoms with van der Waals surface area (Å²) >= 11 is 0. The summed E-state index contributed by atoms with van der Waals surface area (Å²) in [5.74, 6) is 1.20. The number of hydrogen-bond acceptors (Lipinski definition) is 1. The number of furan rings is 1. The van der Waals surface area contributed by atoms with E-state index in [-0.39, 0.29) is 0 Å². The molecular formula is C13H14O. The predicted molar refractivity (Wildman–Crippen MR) is 57.4 cm³/mol. The lowest BCUT2D eigenvalue weighted by atomic mass is 10.0. The fourth-order valence-corrected chi connectivity index (χ4v) is 2.17. The molecule has 0 bridgehead atoms. The summed E-state index contributed by atoms with van der Waals surface area (Å²) in [5, 5.41) is 1.24. The minimum absolute atomic E-state index is 0.388. The van der Waals surface area contributed by atoms with Crippen LogP contribution < -0.4 is 0 Å². The third kappa shape index (κ3) is 1.02. The van der Waals surface area contributed by atoms with Crippen LogP contribution in [0.5, 0.6) is 0 Å². The van der Waals surface area contributed by atoms with Gasteiger partial charge in [0.2, 0.25) is 0 Å². The first-order valence-electron chi connectivity index (χ1n) is 5.33. The van der Waals surface area contributed by atoms with Gasteiger partial charge in [-0.15, -0.1) is 0 Å². The second-order valence-corrected chi connectivity index (χ2v) is 4.28. The summed E-state index contributed by atoms with van der Waals surface area (Å²) < 4.78 is 5.89. The van der Waals surface area contributed by atoms with Crippen LogP contribution in [-0.4, -0.2) is 0 Å². The van der Waals surface area contributed by atoms with E-state index in [1.807, 2.05) is 12.1 Å². The van der Waals surface area contributed by atoms with E-state index in [4.69, 9.17) is 4.42 Å². The van der Waals surface area contributed by atoms with E-state index in [0.29, 0.717) is 5.41 Å². The minimum Gasteiger partial charge on any atom is -0.460 e. The molecule has 0 unspecified atom stereocenters. The van der Waals surface area contributed by atoms with Crippen LogP contribution in [0.25, 0.3) is 11.0 Å². The minimum atomic E-state index is 0.388. The van der Waals surface area contributed by atoms with E-state index < -0.39 is 0 Å². The van der Waals surface area contributed by atoms with Crippen LogP contribution in [0.1, 0.15) is 31.9 Å². The van der Waals surface area contributed by atoms with Crippen molar-refractivity contribution >= 4 is 11.0 Å². The number of rotatable bonds is 2. The van der Waals surface area contributed by atoms with E-state index in [0.717, 1.165) is 5.58 Å². The van der Waals surface area contributed by atoms with Crippen molar-refractivity contribution in [3.8, 4) is 0 Å². The largest absolute Gasteiger partial charge is 0.460 e. The molecule has 2 aromatic rings. The summed E-state index contributed by atoms with van der Waals surface area (Å²) in [4.78, 5) is 0. The molecule has 1 aliphatic carbocycles. The summed E-state index contributed by atoms with van der Waals surface area (Å²) in [6.45, 7) is 2.25. The first-order chi connectivity index (χ1) is 6.84. The zero-order valence-corrected chi connectivity index (χ0v) is 8.42. The Morgan fingerprint density at radius 2 is 2.07 bits per heavy atom. The molecule has 3 rings (SSSR count). The Kier molecular flexibility index (Phi) is 1.52. The second kappa shape index (κ2) is 2.63. The van der Waals surface area contributed by atoms with Crippen LogP contribution in [0.2, 0.25) is 0 Å². The number of hydrogen-bond donors (Lipinski definition) is 0. The van der Waals surface area contributed by atoms with Gasteiger partial charge in [-0.3, -0.25) is 0 Å². The van der Waals surface area contributed by atoms with Gasteiger partial charge in [-0.2, -0.15) is 0 Å². The summed E-state index contributed by atoms with van der Waals surface area (Å²) in [7, 11) is 0. The van der Waals surface area contributed by atoms with Gasteiger partial charge in [0.25, 0.3) is 0 Å². The Labute approximate surface area is 83.7 Å². The van der Waals surface area contributed by atoms with Crippen LogP contribution in [0.3, 0.4) is 0 Å². The van der Waals surface area contributed by atoms with Gasteiger partial charge >= 0.3 is 0 Å². The van der Waals surface area contributed by atoms with Crippen molar-refractivity contribution in [3.63, 3.8) is 0 Å². The SMILES string of the molecule is CCC1(c2cc3ccccc3o2)CC1. The fraction of sp³-hybridized carbons (Fsp3) is 0.385. The Morgan fingerprint density at radius 3 is 2.71 bits per heavy atom. The van der Waals surface area contributed by atoms with Crippen LogP contribution >= 0.6 is 0 Å². The summed E-state index contributed by atoms with van der Waals surface area (Å²) in [5.41, 5.74) is 1.42. The van der Waals surface area contributed by atoms with Crippen molar-refractivity contribution in [2.45, 2.75) is 31.6 Å². The van der Waals surface area contributed by atoms with Crippen molar-refractivity contribution in [1.29, 1.82) is 0 Å². The van der Waals surface area contributed by atoms with Gasteiger partial charge in [0.15, 0.2) is 0 Å². The Bertz CT molecular complexity index is 430. The second-order valence-electron chi connectivity index (χ2n) is 4.28. The monoisotopic (exact) mass is 186 g/mol. The molecule has 1 aromatic carbocycles. The molecule has 0 radical (unpaired) electrons. The third-order valence-electron chi connectivity index (χ3n) is 3.48. The van der Waals surface area contributed by atoms with Gasteiger partial charge in [-0.25, -0.2) is 0 Å². The van der Waals surface area contributed by atoms with Crippen molar-refractivity contribution in [2.75, 3.05) is 0 Å². The maximum atomic E-state index is 5.89. The molecule has 1 nitrogen and oxygen atoms in total. The molecule has 0 saturated heterocycles. The highest BCUT2D eigenvalue weighted by molar-refractivity contribution is 5.78. The van der Waals surface area contributed by atoms with Gasteiger partial charge in [0.05, 0.1) is 0 Å². The normalized spacial score (nSPS) is 18.6. The lowest BCUT2D eigenvalue weighted by Gasteiger charge is -2.06. The molecule has 1 fully saturated rings. The number of para-hydroxylation sites is 1. The van der Waals surface area contributed by atoms with Crippen molar-refractivity contribution in [3.05, 3.63) is 36.1 Å². The molecule has 1 heteroatoms. The Morgan fingerprint density at radius 1 is 1.29 bits per heavy atom. The molecule has 72 valence electrons. The van der Waals surface area contributed by atoms with Crippen molar-refractivity contribution < 1.29 is 4.42 Å². The van der Waals surface area contributed by atoms with Crippen LogP contribution in [0.15, 0.2) is 34.7 Å². The predicted octanol–water partition coefficient (Wildman–Crippen LogP) is 3.87. The molecule has 0 N–H and O–H groups in total. The summed E-state index contributed by atoms with van der Waals surface area (Å²) in [6.07, 6.45) is 3.79. The topological polar surface area (TPSA) is 13.1 Å². The molecule has 0 amide bonds. The van der Waals surface area contributed by atoms with Crippen LogP contribution in [0, 0.1) is 0 Å². The van der Waals surface area contributed by atoms with Crippen molar-refractivity contribution in [2.24, 2.45) is 0 Å². The fourth-order valence-electron chi connectivity index (χ4n) is 2.17. The highest BCUT2D eigenvalue weighted by Crippen LogP contribution is 2.51. The highest BCUT2D eigenvalue weighted by atomic mass is 16.3. The standard InChI is InChI=1S/C13H14O/c1-2-13(7-8-13)12-9-10-5-3-4-6-11(10)14-12/h3-6,9H,2,7-8H2,1H3. The molecule has 0 aliphatic heterocycles. The van der Waals surface area contributed by atoms with Gasteiger partial charge < -0.3 is 4.42 Å². The molecule has 1 aromatic heterocycles. The zero-order chi connectivity index (χ0) is 9.60. The zero-order valence-electron chi connectivity index (χ0n) is 8.42. The van der Waals surface area contributed by atoms with Gasteiger partial charge in [-0.1, -0.05) is 25.1 Å². The highest BCUT2D eigenvalue weighted by Gasteiger charge is 2.45. The lowest BCUT2D eigenvalue weighted by molar-refractivity contribution is 0.469. The van der Waals surface area contributed by atoms with E-state index in [1.54, 1.807) is 0 Å². The number of fused-ring (bicyclic) bond motifs is 1. The Hall–Kier alpha value is -1.24. The molecule has 0 atom stereocenters. The average Bonchev–Trinajstić information content (AvgIpc) is 2.91. The summed E-state index contributed by atoms with van der Waals surface area (Å²) in [6, 6.07) is 10.5. The van der Waals surface area contributed by atoms with Crippen molar-refractivity contribution in [1.82, 2.24) is 0 Å². The lowest BCUT2D eigenvalue weighted by Crippen LogP contribution is -2.01. The van der Waals surface area contributed by atoms with E-state index in [1.165, 1.54) is 30.4 Å². The molecule has 0 spiro atoms. The van der Waals surface area contributed by atoms with E-state index in [9.17, 15) is 0 Å². The smallest absolute Gasteiger partial charge is 0.134 e. The molecule has 1 heterocycles. The van der Waals surface area contributed by atoms with Crippen LogP contribution in [-0.2, 0) is 5.41 Å². The number of benzene rings is 1. The van der Waals surface area contributed by atoms with E-state index >= 15 is 0 Å². The van der Waals surface area contributed by atoms with Gasteiger partial charge in [-0.05, 0) is 31.4 Å². The molecule has 1 saturated carbocycles. The van der Waals surface area contributed by atoms with Crippen LogP contribution in [0.4, 0.5) is 0 Å². The Balaban J connectivity index is 2.15. The maximum Gasteiger partial charge on any atom is 0.134 e.